The summed E-state index contributed by atoms with van der Waals surface area (Å²) in [5.74, 6) is -0.00523. The Balaban J connectivity index is 2.34. The van der Waals surface area contributed by atoms with Crippen molar-refractivity contribution in [1.29, 1.82) is 0 Å². The lowest BCUT2D eigenvalue weighted by Crippen LogP contribution is -2.34. The number of aryl methyl sites for hydroxylation is 1. The molecule has 0 saturated carbocycles. The number of thiazole rings is 1. The number of hydrogen-bond acceptors (Lipinski definition) is 4. The van der Waals surface area contributed by atoms with Crippen molar-refractivity contribution in [3.8, 4) is 0 Å². The molecule has 1 rings (SSSR count). The van der Waals surface area contributed by atoms with Crippen molar-refractivity contribution in [2.45, 2.75) is 27.2 Å². The first-order valence-corrected chi connectivity index (χ1v) is 6.98. The number of likely N-dealkylation sites (N-methyl/N-ethyl adjacent to an activating group) is 1. The average molecular weight is 255 g/mol. The molecular formula is C12H21N3OS. The number of carbonyl (C=O) groups excluding carboxylic acids is 1. The van der Waals surface area contributed by atoms with Crippen molar-refractivity contribution in [2.24, 2.45) is 0 Å². The molecular weight excluding hydrogens is 234 g/mol. The van der Waals surface area contributed by atoms with Crippen molar-refractivity contribution in [2.75, 3.05) is 26.2 Å². The maximum Gasteiger partial charge on any atom is 0.263 e. The Morgan fingerprint density at radius 2 is 2.12 bits per heavy atom. The average Bonchev–Trinajstić information content (AvgIpc) is 2.83. The summed E-state index contributed by atoms with van der Waals surface area (Å²) >= 11 is 1.47. The predicted molar refractivity (Wildman–Crippen MR) is 71.6 cm³/mol. The van der Waals surface area contributed by atoms with E-state index in [-0.39, 0.29) is 5.91 Å². The minimum absolute atomic E-state index is 0.00523. The highest BCUT2D eigenvalue weighted by molar-refractivity contribution is 7.13. The second-order valence-electron chi connectivity index (χ2n) is 3.75. The van der Waals surface area contributed by atoms with Crippen molar-refractivity contribution in [1.82, 2.24) is 15.2 Å². The summed E-state index contributed by atoms with van der Waals surface area (Å²) in [5, 5.41) is 3.94. The minimum Gasteiger partial charge on any atom is -0.350 e. The molecule has 0 spiro atoms. The van der Waals surface area contributed by atoms with Crippen LogP contribution < -0.4 is 5.32 Å². The third-order valence-electron chi connectivity index (χ3n) is 2.69. The molecule has 4 nitrogen and oxygen atoms in total. The molecule has 96 valence electrons. The van der Waals surface area contributed by atoms with Crippen LogP contribution in [0.2, 0.25) is 0 Å². The Morgan fingerprint density at radius 3 is 2.65 bits per heavy atom. The second-order valence-corrected chi connectivity index (χ2v) is 4.87. The van der Waals surface area contributed by atoms with Crippen LogP contribution in [0.5, 0.6) is 0 Å². The van der Waals surface area contributed by atoms with Gasteiger partial charge in [0.05, 0.1) is 11.2 Å². The number of hydrogen-bond donors (Lipinski definition) is 1. The summed E-state index contributed by atoms with van der Waals surface area (Å²) in [7, 11) is 0. The molecule has 1 aromatic heterocycles. The van der Waals surface area contributed by atoms with Crippen LogP contribution in [-0.4, -0.2) is 42.0 Å². The van der Waals surface area contributed by atoms with Crippen molar-refractivity contribution in [3.63, 3.8) is 0 Å². The molecule has 0 aliphatic heterocycles. The van der Waals surface area contributed by atoms with Gasteiger partial charge in [0, 0.05) is 13.1 Å². The van der Waals surface area contributed by atoms with Gasteiger partial charge < -0.3 is 10.2 Å². The first-order chi connectivity index (χ1) is 8.21. The number of rotatable bonds is 7. The Hall–Kier alpha value is -0.940. The third-order valence-corrected chi connectivity index (χ3v) is 3.83. The quantitative estimate of drug-likeness (QED) is 0.808. The fourth-order valence-corrected chi connectivity index (χ4v) is 2.31. The van der Waals surface area contributed by atoms with Crippen LogP contribution in [0.15, 0.2) is 6.20 Å². The fourth-order valence-electron chi connectivity index (χ4n) is 1.53. The molecule has 1 heterocycles. The second kappa shape index (κ2) is 7.40. The van der Waals surface area contributed by atoms with Crippen LogP contribution in [0.1, 0.15) is 35.5 Å². The molecule has 0 aliphatic rings. The highest BCUT2D eigenvalue weighted by atomic mass is 32.1. The van der Waals surface area contributed by atoms with Crippen LogP contribution in [0.3, 0.4) is 0 Å². The molecule has 0 aromatic carbocycles. The van der Waals surface area contributed by atoms with Crippen LogP contribution in [0, 0.1) is 0 Å². The summed E-state index contributed by atoms with van der Waals surface area (Å²) in [6.45, 7) is 9.93. The monoisotopic (exact) mass is 255 g/mol. The van der Waals surface area contributed by atoms with Gasteiger partial charge in [-0.15, -0.1) is 11.3 Å². The summed E-state index contributed by atoms with van der Waals surface area (Å²) in [6, 6.07) is 0. The lowest BCUT2D eigenvalue weighted by atomic mass is 10.4. The van der Waals surface area contributed by atoms with Gasteiger partial charge in [-0.1, -0.05) is 20.8 Å². The molecule has 17 heavy (non-hydrogen) atoms. The highest BCUT2D eigenvalue weighted by Crippen LogP contribution is 2.12. The van der Waals surface area contributed by atoms with E-state index in [0.29, 0.717) is 11.4 Å². The van der Waals surface area contributed by atoms with Gasteiger partial charge in [0.25, 0.3) is 5.91 Å². The lowest BCUT2D eigenvalue weighted by molar-refractivity contribution is 0.0953. The van der Waals surface area contributed by atoms with Crippen LogP contribution in [0.4, 0.5) is 0 Å². The van der Waals surface area contributed by atoms with Crippen molar-refractivity contribution in [3.05, 3.63) is 16.1 Å². The number of aromatic nitrogens is 1. The van der Waals surface area contributed by atoms with Gasteiger partial charge in [0.2, 0.25) is 0 Å². The van der Waals surface area contributed by atoms with Gasteiger partial charge in [0.1, 0.15) is 4.88 Å². The van der Waals surface area contributed by atoms with Gasteiger partial charge in [-0.2, -0.15) is 0 Å². The standard InChI is InChI=1S/C12H21N3OS/c1-4-11-14-9-10(17-11)12(16)13-7-8-15(5-2)6-3/h9H,4-8H2,1-3H3,(H,13,16). The zero-order chi connectivity index (χ0) is 12.7. The molecule has 5 heteroatoms. The normalized spacial score (nSPS) is 10.8. The maximum atomic E-state index is 11.8. The lowest BCUT2D eigenvalue weighted by Gasteiger charge is -2.17. The Morgan fingerprint density at radius 1 is 1.41 bits per heavy atom. The Kier molecular flexibility index (Phi) is 6.15. The van der Waals surface area contributed by atoms with E-state index in [1.807, 2.05) is 6.92 Å². The van der Waals surface area contributed by atoms with Crippen molar-refractivity contribution >= 4 is 17.2 Å². The smallest absolute Gasteiger partial charge is 0.263 e. The van der Waals surface area contributed by atoms with Gasteiger partial charge >= 0.3 is 0 Å². The zero-order valence-electron chi connectivity index (χ0n) is 10.8. The fraction of sp³-hybridized carbons (Fsp3) is 0.667. The summed E-state index contributed by atoms with van der Waals surface area (Å²) < 4.78 is 0. The number of amides is 1. The highest BCUT2D eigenvalue weighted by Gasteiger charge is 2.09. The van der Waals surface area contributed by atoms with Gasteiger partial charge in [0.15, 0.2) is 0 Å². The topological polar surface area (TPSA) is 45.2 Å². The maximum absolute atomic E-state index is 11.8. The van der Waals surface area contributed by atoms with E-state index in [4.69, 9.17) is 0 Å². The Bertz CT molecular complexity index is 347. The minimum atomic E-state index is -0.00523. The number of nitrogens with zero attached hydrogens (tertiary/aromatic N) is 2. The molecule has 0 radical (unpaired) electrons. The molecule has 0 atom stereocenters. The third kappa shape index (κ3) is 4.44. The molecule has 1 amide bonds. The largest absolute Gasteiger partial charge is 0.350 e. The van der Waals surface area contributed by atoms with E-state index in [2.05, 4.69) is 29.0 Å². The van der Waals surface area contributed by atoms with E-state index >= 15 is 0 Å². The number of carbonyl (C=O) groups is 1. The van der Waals surface area contributed by atoms with E-state index < -0.39 is 0 Å². The summed E-state index contributed by atoms with van der Waals surface area (Å²) in [4.78, 5) is 18.9. The van der Waals surface area contributed by atoms with Crippen LogP contribution in [0.25, 0.3) is 0 Å². The van der Waals surface area contributed by atoms with Gasteiger partial charge in [-0.25, -0.2) is 4.98 Å². The Labute approximate surface area is 107 Å². The number of nitrogens with one attached hydrogen (secondary N) is 1. The molecule has 0 aliphatic carbocycles. The molecule has 1 N–H and O–H groups in total. The predicted octanol–water partition coefficient (Wildman–Crippen LogP) is 1.78. The van der Waals surface area contributed by atoms with Crippen molar-refractivity contribution < 1.29 is 4.79 Å². The van der Waals surface area contributed by atoms with Crippen LogP contribution >= 0.6 is 11.3 Å². The molecule has 0 unspecified atom stereocenters. The first-order valence-electron chi connectivity index (χ1n) is 6.16. The summed E-state index contributed by atoms with van der Waals surface area (Å²) in [6.07, 6.45) is 2.55. The SMILES string of the molecule is CCc1ncc(C(=O)NCCN(CC)CC)s1. The van der Waals surface area contributed by atoms with E-state index in [1.165, 1.54) is 11.3 Å². The summed E-state index contributed by atoms with van der Waals surface area (Å²) in [5.41, 5.74) is 0. The van der Waals surface area contributed by atoms with Gasteiger partial charge in [-0.05, 0) is 19.5 Å². The van der Waals surface area contributed by atoms with E-state index in [0.717, 1.165) is 31.1 Å². The van der Waals surface area contributed by atoms with E-state index in [9.17, 15) is 4.79 Å². The molecule has 0 fully saturated rings. The molecule has 0 saturated heterocycles. The van der Waals surface area contributed by atoms with Gasteiger partial charge in [-0.3, -0.25) is 4.79 Å². The van der Waals surface area contributed by atoms with E-state index in [1.54, 1.807) is 6.20 Å². The zero-order valence-corrected chi connectivity index (χ0v) is 11.6. The van der Waals surface area contributed by atoms with Crippen LogP contribution in [-0.2, 0) is 6.42 Å². The molecule has 1 aromatic rings. The first kappa shape index (κ1) is 14.1. The molecule has 0 bridgehead atoms.